The predicted molar refractivity (Wildman–Crippen MR) is 89.2 cm³/mol. The van der Waals surface area contributed by atoms with Gasteiger partial charge in [0.25, 0.3) is 0 Å². The van der Waals surface area contributed by atoms with E-state index >= 15 is 0 Å². The lowest BCUT2D eigenvalue weighted by atomic mass is 10.0. The van der Waals surface area contributed by atoms with Gasteiger partial charge in [-0.15, -0.1) is 5.10 Å². The Bertz CT molecular complexity index is 832. The number of nitrogens with zero attached hydrogens (tertiary/aromatic N) is 5. The molecule has 6 nitrogen and oxygen atoms in total. The van der Waals surface area contributed by atoms with Crippen molar-refractivity contribution in [1.82, 2.24) is 25.0 Å². The minimum absolute atomic E-state index is 0.168. The lowest BCUT2D eigenvalue weighted by molar-refractivity contribution is 0.177. The van der Waals surface area contributed by atoms with E-state index in [0.717, 1.165) is 47.3 Å². The SMILES string of the molecule is O[C@@H]1CC[C@@H](Cc2ncc3nnn(-c4ccc(Br)cc4)c3n2)C1. The number of rotatable bonds is 3. The highest BCUT2D eigenvalue weighted by Gasteiger charge is 2.24. The molecular formula is C16H16BrN5O. The number of benzene rings is 1. The molecule has 0 radical (unpaired) electrons. The van der Waals surface area contributed by atoms with Crippen molar-refractivity contribution in [3.63, 3.8) is 0 Å². The van der Waals surface area contributed by atoms with Crippen LogP contribution in [-0.4, -0.2) is 36.2 Å². The normalized spacial score (nSPS) is 21.1. The van der Waals surface area contributed by atoms with Gasteiger partial charge in [-0.3, -0.25) is 0 Å². The zero-order chi connectivity index (χ0) is 15.8. The van der Waals surface area contributed by atoms with Gasteiger partial charge in [0.2, 0.25) is 0 Å². The van der Waals surface area contributed by atoms with Crippen molar-refractivity contribution in [2.45, 2.75) is 31.8 Å². The van der Waals surface area contributed by atoms with Gasteiger partial charge in [-0.2, -0.15) is 4.68 Å². The highest BCUT2D eigenvalue weighted by atomic mass is 79.9. The Balaban J connectivity index is 1.67. The summed E-state index contributed by atoms with van der Waals surface area (Å²) in [4.78, 5) is 9.06. The van der Waals surface area contributed by atoms with E-state index in [2.05, 4.69) is 36.2 Å². The maximum Gasteiger partial charge on any atom is 0.187 e. The molecule has 23 heavy (non-hydrogen) atoms. The van der Waals surface area contributed by atoms with Crippen molar-refractivity contribution in [1.29, 1.82) is 0 Å². The van der Waals surface area contributed by atoms with Gasteiger partial charge in [-0.05, 0) is 49.4 Å². The number of hydrogen-bond acceptors (Lipinski definition) is 5. The summed E-state index contributed by atoms with van der Waals surface area (Å²) in [6.45, 7) is 0. The molecule has 3 aromatic rings. The van der Waals surface area contributed by atoms with Crippen molar-refractivity contribution in [3.05, 3.63) is 40.8 Å². The van der Waals surface area contributed by atoms with Crippen LogP contribution < -0.4 is 0 Å². The first kappa shape index (κ1) is 14.7. The van der Waals surface area contributed by atoms with Crippen LogP contribution in [0.4, 0.5) is 0 Å². The fourth-order valence-corrected chi connectivity index (χ4v) is 3.37. The van der Waals surface area contributed by atoms with E-state index < -0.39 is 0 Å². The van der Waals surface area contributed by atoms with Gasteiger partial charge in [-0.1, -0.05) is 21.1 Å². The molecule has 1 saturated carbocycles. The van der Waals surface area contributed by atoms with Gasteiger partial charge >= 0.3 is 0 Å². The Morgan fingerprint density at radius 1 is 1.22 bits per heavy atom. The van der Waals surface area contributed by atoms with Gasteiger partial charge in [0.1, 0.15) is 5.82 Å². The van der Waals surface area contributed by atoms with Crippen molar-refractivity contribution in [3.8, 4) is 5.69 Å². The van der Waals surface area contributed by atoms with Crippen LogP contribution in [0.2, 0.25) is 0 Å². The Morgan fingerprint density at radius 2 is 2.04 bits per heavy atom. The van der Waals surface area contributed by atoms with Crippen molar-refractivity contribution in [2.24, 2.45) is 5.92 Å². The quantitative estimate of drug-likeness (QED) is 0.763. The molecule has 1 aromatic carbocycles. The van der Waals surface area contributed by atoms with E-state index in [1.165, 1.54) is 0 Å². The molecule has 4 rings (SSSR count). The van der Waals surface area contributed by atoms with Crippen molar-refractivity contribution < 1.29 is 5.11 Å². The smallest absolute Gasteiger partial charge is 0.187 e. The molecule has 0 bridgehead atoms. The summed E-state index contributed by atoms with van der Waals surface area (Å²) in [5.74, 6) is 1.25. The summed E-state index contributed by atoms with van der Waals surface area (Å²) >= 11 is 3.43. The molecule has 7 heteroatoms. The highest BCUT2D eigenvalue weighted by Crippen LogP contribution is 2.28. The second-order valence-corrected chi connectivity index (χ2v) is 6.93. The molecule has 2 atom stereocenters. The second kappa shape index (κ2) is 5.98. The van der Waals surface area contributed by atoms with Gasteiger partial charge < -0.3 is 5.11 Å². The molecule has 2 aromatic heterocycles. The minimum atomic E-state index is -0.168. The summed E-state index contributed by atoms with van der Waals surface area (Å²) in [5, 5.41) is 18.0. The first-order valence-corrected chi connectivity index (χ1v) is 8.49. The Labute approximate surface area is 141 Å². The molecule has 0 saturated heterocycles. The van der Waals surface area contributed by atoms with Crippen LogP contribution in [0, 0.1) is 5.92 Å². The highest BCUT2D eigenvalue weighted by molar-refractivity contribution is 9.10. The van der Waals surface area contributed by atoms with E-state index in [9.17, 15) is 5.11 Å². The first-order chi connectivity index (χ1) is 11.2. The third-order valence-corrected chi connectivity index (χ3v) is 4.83. The lowest BCUT2D eigenvalue weighted by Gasteiger charge is -2.08. The maximum absolute atomic E-state index is 9.66. The minimum Gasteiger partial charge on any atom is -0.393 e. The Hall–Kier alpha value is -1.86. The molecule has 0 amide bonds. The van der Waals surface area contributed by atoms with Crippen LogP contribution in [0.5, 0.6) is 0 Å². The number of hydrogen-bond donors (Lipinski definition) is 1. The zero-order valence-electron chi connectivity index (χ0n) is 12.4. The van der Waals surface area contributed by atoms with Crippen LogP contribution in [0.3, 0.4) is 0 Å². The Morgan fingerprint density at radius 3 is 2.78 bits per heavy atom. The molecule has 2 heterocycles. The average molecular weight is 374 g/mol. The summed E-state index contributed by atoms with van der Waals surface area (Å²) in [6, 6.07) is 7.86. The van der Waals surface area contributed by atoms with Gasteiger partial charge in [0, 0.05) is 10.9 Å². The van der Waals surface area contributed by atoms with Crippen LogP contribution in [-0.2, 0) is 6.42 Å². The van der Waals surface area contributed by atoms with Crippen LogP contribution in [0.1, 0.15) is 25.1 Å². The van der Waals surface area contributed by atoms with Crippen LogP contribution in [0.25, 0.3) is 16.9 Å². The van der Waals surface area contributed by atoms with E-state index in [4.69, 9.17) is 0 Å². The number of aliphatic hydroxyl groups excluding tert-OH is 1. The summed E-state index contributed by atoms with van der Waals surface area (Å²) in [5.41, 5.74) is 2.32. The van der Waals surface area contributed by atoms with Gasteiger partial charge in [0.15, 0.2) is 11.2 Å². The fraction of sp³-hybridized carbons (Fsp3) is 0.375. The molecule has 0 aliphatic heterocycles. The van der Waals surface area contributed by atoms with E-state index in [0.29, 0.717) is 11.4 Å². The molecule has 0 unspecified atom stereocenters. The molecule has 1 aliphatic carbocycles. The van der Waals surface area contributed by atoms with Crippen LogP contribution in [0.15, 0.2) is 34.9 Å². The molecule has 1 N–H and O–H groups in total. The third-order valence-electron chi connectivity index (χ3n) is 4.30. The topological polar surface area (TPSA) is 76.7 Å². The second-order valence-electron chi connectivity index (χ2n) is 6.01. The summed E-state index contributed by atoms with van der Waals surface area (Å²) in [7, 11) is 0. The molecular weight excluding hydrogens is 358 g/mol. The average Bonchev–Trinajstić information content (AvgIpc) is 3.14. The third kappa shape index (κ3) is 2.98. The largest absolute Gasteiger partial charge is 0.393 e. The number of aromatic nitrogens is 5. The van der Waals surface area contributed by atoms with E-state index in [1.807, 2.05) is 24.3 Å². The van der Waals surface area contributed by atoms with Crippen LogP contribution >= 0.6 is 15.9 Å². The summed E-state index contributed by atoms with van der Waals surface area (Å²) in [6.07, 6.45) is 5.10. The number of aliphatic hydroxyl groups is 1. The molecule has 1 fully saturated rings. The van der Waals surface area contributed by atoms with E-state index in [1.54, 1.807) is 10.9 Å². The number of halogens is 1. The fourth-order valence-electron chi connectivity index (χ4n) is 3.11. The number of fused-ring (bicyclic) bond motifs is 1. The van der Waals surface area contributed by atoms with Gasteiger partial charge in [0.05, 0.1) is 18.0 Å². The maximum atomic E-state index is 9.66. The van der Waals surface area contributed by atoms with E-state index in [-0.39, 0.29) is 6.10 Å². The Kier molecular flexibility index (Phi) is 3.82. The lowest BCUT2D eigenvalue weighted by Crippen LogP contribution is -2.07. The molecule has 118 valence electrons. The van der Waals surface area contributed by atoms with Crippen molar-refractivity contribution in [2.75, 3.05) is 0 Å². The zero-order valence-corrected chi connectivity index (χ0v) is 14.0. The molecule has 0 spiro atoms. The van der Waals surface area contributed by atoms with Gasteiger partial charge in [-0.25, -0.2) is 9.97 Å². The molecule has 1 aliphatic rings. The summed E-state index contributed by atoms with van der Waals surface area (Å²) < 4.78 is 2.75. The first-order valence-electron chi connectivity index (χ1n) is 7.70. The van der Waals surface area contributed by atoms with Crippen molar-refractivity contribution >= 4 is 27.1 Å². The standard InChI is InChI=1S/C16H16BrN5O/c17-11-2-4-12(5-3-11)22-16-14(20-21-22)9-18-15(19-16)8-10-1-6-13(23)7-10/h2-5,9-10,13,23H,1,6-8H2/t10-,13-/m1/s1. The monoisotopic (exact) mass is 373 g/mol. The predicted octanol–water partition coefficient (Wildman–Crippen LogP) is 2.68.